The zero-order valence-corrected chi connectivity index (χ0v) is 19.3. The van der Waals surface area contributed by atoms with Gasteiger partial charge in [0.2, 0.25) is 0 Å². The van der Waals surface area contributed by atoms with E-state index >= 15 is 0 Å². The van der Waals surface area contributed by atoms with Crippen LogP contribution in [0.25, 0.3) is 0 Å². The molecule has 2 amide bonds. The minimum Gasteiger partial charge on any atom is -0.491 e. The van der Waals surface area contributed by atoms with E-state index in [0.717, 1.165) is 38.3 Å². The van der Waals surface area contributed by atoms with Gasteiger partial charge in [0.05, 0.1) is 17.9 Å². The van der Waals surface area contributed by atoms with Gasteiger partial charge in [-0.05, 0) is 48.4 Å². The van der Waals surface area contributed by atoms with Crippen molar-refractivity contribution in [3.05, 3.63) is 66.2 Å². The van der Waals surface area contributed by atoms with Gasteiger partial charge in [0.15, 0.2) is 0 Å². The van der Waals surface area contributed by atoms with Crippen LogP contribution in [0.15, 0.2) is 60.7 Å². The Morgan fingerprint density at radius 1 is 1.15 bits per heavy atom. The van der Waals surface area contributed by atoms with Crippen molar-refractivity contribution in [1.82, 2.24) is 15.1 Å². The summed E-state index contributed by atoms with van der Waals surface area (Å²) < 4.78 is 5.77. The number of carboxylic acids is 1. The number of hydrogen-bond donors (Lipinski definition) is 4. The van der Waals surface area contributed by atoms with Gasteiger partial charge in [-0.1, -0.05) is 18.7 Å². The van der Waals surface area contributed by atoms with E-state index in [0.29, 0.717) is 43.2 Å². The molecule has 0 aromatic heterocycles. The maximum absolute atomic E-state index is 13.1. The minimum atomic E-state index is -1.01. The quantitative estimate of drug-likeness (QED) is 0.228. The first kappa shape index (κ1) is 25.1. The van der Waals surface area contributed by atoms with Gasteiger partial charge in [-0.2, -0.15) is 0 Å². The number of anilines is 2. The van der Waals surface area contributed by atoms with Crippen molar-refractivity contribution in [2.24, 2.45) is 0 Å². The molecule has 182 valence electrons. The molecule has 1 saturated heterocycles. The van der Waals surface area contributed by atoms with Gasteiger partial charge in [-0.3, -0.25) is 4.90 Å². The molecular formula is C25H33N5O4. The number of aromatic carboxylic acids is 1. The van der Waals surface area contributed by atoms with E-state index in [1.165, 1.54) is 12.1 Å². The highest BCUT2D eigenvalue weighted by atomic mass is 16.5. The highest BCUT2D eigenvalue weighted by Gasteiger charge is 2.17. The Bertz CT molecular complexity index is 974. The predicted molar refractivity (Wildman–Crippen MR) is 133 cm³/mol. The third kappa shape index (κ3) is 7.79. The van der Waals surface area contributed by atoms with Crippen LogP contribution in [0.2, 0.25) is 0 Å². The third-order valence-electron chi connectivity index (χ3n) is 5.49. The summed E-state index contributed by atoms with van der Waals surface area (Å²) in [6.07, 6.45) is 0.612. The SMILES string of the molecule is C=C(CN1CCNCC1)CN(CCCOc1ccccc1N)C(=O)Nc1ccc(C(=O)O)cc1. The number of nitrogens with one attached hydrogen (secondary N) is 2. The molecule has 1 aliphatic heterocycles. The van der Waals surface area contributed by atoms with Crippen molar-refractivity contribution in [3.63, 3.8) is 0 Å². The van der Waals surface area contributed by atoms with Crippen molar-refractivity contribution < 1.29 is 19.4 Å². The summed E-state index contributed by atoms with van der Waals surface area (Å²) in [5.74, 6) is -0.386. The fraction of sp³-hybridized carbons (Fsp3) is 0.360. The van der Waals surface area contributed by atoms with Crippen LogP contribution in [0.4, 0.5) is 16.2 Å². The number of nitrogens with zero attached hydrogens (tertiary/aromatic N) is 2. The van der Waals surface area contributed by atoms with E-state index in [4.69, 9.17) is 15.6 Å². The number of para-hydroxylation sites is 2. The number of urea groups is 1. The number of ether oxygens (including phenoxy) is 1. The highest BCUT2D eigenvalue weighted by molar-refractivity contribution is 5.91. The number of rotatable bonds is 11. The van der Waals surface area contributed by atoms with Crippen LogP contribution in [0.1, 0.15) is 16.8 Å². The first-order valence-electron chi connectivity index (χ1n) is 11.4. The summed E-state index contributed by atoms with van der Waals surface area (Å²) >= 11 is 0. The molecule has 2 aromatic carbocycles. The zero-order valence-electron chi connectivity index (χ0n) is 19.3. The molecule has 1 heterocycles. The second-order valence-corrected chi connectivity index (χ2v) is 8.25. The maximum atomic E-state index is 13.1. The Morgan fingerprint density at radius 3 is 2.53 bits per heavy atom. The molecule has 5 N–H and O–H groups in total. The number of benzene rings is 2. The summed E-state index contributed by atoms with van der Waals surface area (Å²) in [7, 11) is 0. The third-order valence-corrected chi connectivity index (χ3v) is 5.49. The first-order chi connectivity index (χ1) is 16.4. The van der Waals surface area contributed by atoms with Crippen LogP contribution in [0.5, 0.6) is 5.75 Å². The van der Waals surface area contributed by atoms with E-state index in [1.807, 2.05) is 18.2 Å². The number of amides is 2. The number of hydrogen-bond acceptors (Lipinski definition) is 6. The molecule has 9 heteroatoms. The molecule has 2 aromatic rings. The molecule has 34 heavy (non-hydrogen) atoms. The Labute approximate surface area is 200 Å². The van der Waals surface area contributed by atoms with Gasteiger partial charge in [0.25, 0.3) is 0 Å². The molecule has 0 bridgehead atoms. The van der Waals surface area contributed by atoms with E-state index in [-0.39, 0.29) is 11.6 Å². The lowest BCUT2D eigenvalue weighted by Crippen LogP contribution is -2.45. The molecule has 0 atom stereocenters. The number of carbonyl (C=O) groups excluding carboxylic acids is 1. The van der Waals surface area contributed by atoms with Gasteiger partial charge in [-0.15, -0.1) is 0 Å². The summed E-state index contributed by atoms with van der Waals surface area (Å²) in [5.41, 5.74) is 8.14. The monoisotopic (exact) mass is 467 g/mol. The second-order valence-electron chi connectivity index (χ2n) is 8.25. The van der Waals surface area contributed by atoms with Crippen molar-refractivity contribution >= 4 is 23.4 Å². The van der Waals surface area contributed by atoms with E-state index in [1.54, 1.807) is 23.1 Å². The molecular weight excluding hydrogens is 434 g/mol. The average Bonchev–Trinajstić information content (AvgIpc) is 2.83. The predicted octanol–water partition coefficient (Wildman–Crippen LogP) is 2.73. The van der Waals surface area contributed by atoms with Crippen molar-refractivity contribution in [2.45, 2.75) is 6.42 Å². The van der Waals surface area contributed by atoms with Crippen LogP contribution >= 0.6 is 0 Å². The van der Waals surface area contributed by atoms with Crippen LogP contribution in [0, 0.1) is 0 Å². The average molecular weight is 468 g/mol. The molecule has 0 aliphatic carbocycles. The van der Waals surface area contributed by atoms with Crippen LogP contribution in [0.3, 0.4) is 0 Å². The van der Waals surface area contributed by atoms with E-state index in [2.05, 4.69) is 22.1 Å². The number of piperazine rings is 1. The minimum absolute atomic E-state index is 0.164. The first-order valence-corrected chi connectivity index (χ1v) is 11.4. The van der Waals surface area contributed by atoms with E-state index < -0.39 is 5.97 Å². The zero-order chi connectivity index (χ0) is 24.3. The molecule has 3 rings (SSSR count). The second kappa shape index (κ2) is 12.6. The largest absolute Gasteiger partial charge is 0.491 e. The standard InChI is InChI=1S/C25H33N5O4/c1-19(17-29-14-11-27-12-15-29)18-30(13-4-16-34-23-6-3-2-5-22(23)26)25(33)28-21-9-7-20(8-10-21)24(31)32/h2-3,5-10,27H,1,4,11-18,26H2,(H,28,33)(H,31,32). The number of nitrogen functional groups attached to an aromatic ring is 1. The Hall–Kier alpha value is -3.56. The number of carboxylic acid groups (broad SMARTS) is 1. The molecule has 0 unspecified atom stereocenters. The fourth-order valence-electron chi connectivity index (χ4n) is 3.71. The lowest BCUT2D eigenvalue weighted by Gasteiger charge is -2.30. The number of nitrogens with two attached hydrogens (primary N) is 1. The molecule has 1 fully saturated rings. The topological polar surface area (TPSA) is 120 Å². The normalized spacial score (nSPS) is 13.8. The van der Waals surface area contributed by atoms with Gasteiger partial charge in [0.1, 0.15) is 5.75 Å². The Balaban J connectivity index is 1.58. The van der Waals surface area contributed by atoms with Crippen molar-refractivity contribution in [3.8, 4) is 5.75 Å². The van der Waals surface area contributed by atoms with Crippen molar-refractivity contribution in [2.75, 3.05) is 63.5 Å². The smallest absolute Gasteiger partial charge is 0.335 e. The molecule has 0 radical (unpaired) electrons. The van der Waals surface area contributed by atoms with Gasteiger partial charge >= 0.3 is 12.0 Å². The van der Waals surface area contributed by atoms with Crippen LogP contribution in [-0.2, 0) is 0 Å². The molecule has 0 saturated carbocycles. The lowest BCUT2D eigenvalue weighted by molar-refractivity contribution is 0.0697. The highest BCUT2D eigenvalue weighted by Crippen LogP contribution is 2.20. The Kier molecular flexibility index (Phi) is 9.30. The van der Waals surface area contributed by atoms with Gasteiger partial charge in [-0.25, -0.2) is 9.59 Å². The van der Waals surface area contributed by atoms with Gasteiger partial charge in [0, 0.05) is 51.5 Å². The Morgan fingerprint density at radius 2 is 1.85 bits per heavy atom. The molecule has 9 nitrogen and oxygen atoms in total. The summed E-state index contributed by atoms with van der Waals surface area (Å²) in [6.45, 7) is 10.0. The molecule has 0 spiro atoms. The van der Waals surface area contributed by atoms with Crippen LogP contribution < -0.4 is 21.1 Å². The lowest BCUT2D eigenvalue weighted by atomic mass is 10.2. The number of carbonyl (C=O) groups is 2. The van der Waals surface area contributed by atoms with Crippen molar-refractivity contribution in [1.29, 1.82) is 0 Å². The van der Waals surface area contributed by atoms with Gasteiger partial charge < -0.3 is 31.1 Å². The summed E-state index contributed by atoms with van der Waals surface area (Å²) in [6, 6.07) is 13.1. The molecule has 1 aliphatic rings. The van der Waals surface area contributed by atoms with Crippen LogP contribution in [-0.4, -0.2) is 79.3 Å². The summed E-state index contributed by atoms with van der Waals surface area (Å²) in [5, 5.41) is 15.3. The summed E-state index contributed by atoms with van der Waals surface area (Å²) in [4.78, 5) is 28.1. The fourth-order valence-corrected chi connectivity index (χ4v) is 3.71. The maximum Gasteiger partial charge on any atom is 0.335 e. The van der Waals surface area contributed by atoms with E-state index in [9.17, 15) is 9.59 Å².